The zero-order chi connectivity index (χ0) is 13.9. The summed E-state index contributed by atoms with van der Waals surface area (Å²) in [7, 11) is 0. The number of aromatic nitrogens is 1. The molecule has 1 heterocycles. The zero-order valence-corrected chi connectivity index (χ0v) is 11.0. The Morgan fingerprint density at radius 3 is 2.65 bits per heavy atom. The van der Waals surface area contributed by atoms with Gasteiger partial charge in [0.1, 0.15) is 17.4 Å². The van der Waals surface area contributed by atoms with Crippen LogP contribution in [-0.2, 0) is 0 Å². The van der Waals surface area contributed by atoms with E-state index in [4.69, 9.17) is 10.00 Å². The van der Waals surface area contributed by atoms with Gasteiger partial charge in [0.05, 0.1) is 0 Å². The fourth-order valence-corrected chi connectivity index (χ4v) is 2.08. The number of fused-ring (bicyclic) bond motifs is 1. The molecule has 0 atom stereocenters. The number of benzene rings is 2. The van der Waals surface area contributed by atoms with Gasteiger partial charge < -0.3 is 4.74 Å². The van der Waals surface area contributed by atoms with Crippen LogP contribution >= 0.6 is 0 Å². The SMILES string of the molecule is Cc1ccc(C#N)c(Oc2cccc3ccccc23)n1. The smallest absolute Gasteiger partial charge is 0.237 e. The lowest BCUT2D eigenvalue weighted by atomic mass is 10.1. The van der Waals surface area contributed by atoms with E-state index in [0.717, 1.165) is 16.5 Å². The van der Waals surface area contributed by atoms with Crippen LogP contribution in [0.25, 0.3) is 10.8 Å². The Balaban J connectivity index is 2.10. The van der Waals surface area contributed by atoms with E-state index in [9.17, 15) is 0 Å². The van der Waals surface area contributed by atoms with Crippen molar-refractivity contribution in [3.05, 3.63) is 65.9 Å². The van der Waals surface area contributed by atoms with Crippen LogP contribution in [0.5, 0.6) is 11.6 Å². The summed E-state index contributed by atoms with van der Waals surface area (Å²) in [6, 6.07) is 19.4. The molecule has 0 aliphatic carbocycles. The number of hydrogen-bond acceptors (Lipinski definition) is 3. The molecular weight excluding hydrogens is 248 g/mol. The van der Waals surface area contributed by atoms with Gasteiger partial charge in [0, 0.05) is 11.1 Å². The minimum atomic E-state index is 0.351. The van der Waals surface area contributed by atoms with Crippen molar-refractivity contribution in [2.75, 3.05) is 0 Å². The van der Waals surface area contributed by atoms with E-state index >= 15 is 0 Å². The van der Waals surface area contributed by atoms with Crippen LogP contribution in [0.2, 0.25) is 0 Å². The second-order valence-electron chi connectivity index (χ2n) is 4.50. The predicted molar refractivity (Wildman–Crippen MR) is 77.7 cm³/mol. The van der Waals surface area contributed by atoms with Gasteiger partial charge in [-0.25, -0.2) is 4.98 Å². The molecular formula is C17H12N2O. The largest absolute Gasteiger partial charge is 0.437 e. The molecule has 0 fully saturated rings. The molecule has 0 saturated carbocycles. The van der Waals surface area contributed by atoms with Crippen molar-refractivity contribution in [2.24, 2.45) is 0 Å². The fourth-order valence-electron chi connectivity index (χ4n) is 2.08. The van der Waals surface area contributed by atoms with E-state index in [1.54, 1.807) is 12.1 Å². The number of ether oxygens (including phenoxy) is 1. The minimum absolute atomic E-state index is 0.351. The van der Waals surface area contributed by atoms with Crippen molar-refractivity contribution < 1.29 is 4.74 Å². The molecule has 3 rings (SSSR count). The third kappa shape index (κ3) is 2.19. The molecule has 0 aliphatic rings. The molecule has 0 aliphatic heterocycles. The summed E-state index contributed by atoms with van der Waals surface area (Å²) < 4.78 is 5.86. The maximum atomic E-state index is 9.13. The van der Waals surface area contributed by atoms with Gasteiger partial charge in [-0.3, -0.25) is 0 Å². The number of nitriles is 1. The topological polar surface area (TPSA) is 45.9 Å². The van der Waals surface area contributed by atoms with Gasteiger partial charge in [-0.15, -0.1) is 0 Å². The summed E-state index contributed by atoms with van der Waals surface area (Å²) in [4.78, 5) is 4.30. The highest BCUT2D eigenvalue weighted by molar-refractivity contribution is 5.88. The first-order valence-corrected chi connectivity index (χ1v) is 6.31. The predicted octanol–water partition coefficient (Wildman–Crippen LogP) is 4.21. The van der Waals surface area contributed by atoms with Gasteiger partial charge in [-0.1, -0.05) is 36.4 Å². The third-order valence-electron chi connectivity index (χ3n) is 3.08. The van der Waals surface area contributed by atoms with Crippen LogP contribution in [0.15, 0.2) is 54.6 Å². The average molecular weight is 260 g/mol. The van der Waals surface area contributed by atoms with E-state index in [2.05, 4.69) is 11.1 Å². The molecule has 96 valence electrons. The molecule has 0 radical (unpaired) electrons. The average Bonchev–Trinajstić information content (AvgIpc) is 2.48. The second-order valence-corrected chi connectivity index (χ2v) is 4.50. The molecule has 0 N–H and O–H groups in total. The normalized spacial score (nSPS) is 10.2. The maximum absolute atomic E-state index is 9.13. The molecule has 0 bridgehead atoms. The lowest BCUT2D eigenvalue weighted by Crippen LogP contribution is -1.94. The molecule has 2 aromatic carbocycles. The summed E-state index contributed by atoms with van der Waals surface area (Å²) in [6.07, 6.45) is 0. The van der Waals surface area contributed by atoms with Gasteiger partial charge >= 0.3 is 0 Å². The van der Waals surface area contributed by atoms with Crippen LogP contribution < -0.4 is 4.74 Å². The Morgan fingerprint density at radius 1 is 1.00 bits per heavy atom. The molecule has 20 heavy (non-hydrogen) atoms. The number of rotatable bonds is 2. The van der Waals surface area contributed by atoms with E-state index in [0.29, 0.717) is 17.2 Å². The van der Waals surface area contributed by atoms with Crippen LogP contribution in [0.4, 0.5) is 0 Å². The summed E-state index contributed by atoms with van der Waals surface area (Å²) in [5.41, 5.74) is 1.25. The number of pyridine rings is 1. The van der Waals surface area contributed by atoms with Crippen LogP contribution in [0, 0.1) is 18.3 Å². The summed E-state index contributed by atoms with van der Waals surface area (Å²) in [5.74, 6) is 1.06. The van der Waals surface area contributed by atoms with Gasteiger partial charge in [0.2, 0.25) is 5.88 Å². The Labute approximate surface area is 117 Å². The molecule has 1 aromatic heterocycles. The summed E-state index contributed by atoms with van der Waals surface area (Å²) >= 11 is 0. The van der Waals surface area contributed by atoms with Crippen molar-refractivity contribution >= 4 is 10.8 Å². The number of hydrogen-bond donors (Lipinski definition) is 0. The van der Waals surface area contributed by atoms with Crippen molar-refractivity contribution in [2.45, 2.75) is 6.92 Å². The van der Waals surface area contributed by atoms with E-state index < -0.39 is 0 Å². The quantitative estimate of drug-likeness (QED) is 0.693. The van der Waals surface area contributed by atoms with Crippen LogP contribution in [-0.4, -0.2) is 4.98 Å². The monoisotopic (exact) mass is 260 g/mol. The van der Waals surface area contributed by atoms with Gasteiger partial charge in [-0.2, -0.15) is 5.26 Å². The van der Waals surface area contributed by atoms with E-state index in [1.165, 1.54) is 0 Å². The van der Waals surface area contributed by atoms with Crippen LogP contribution in [0.1, 0.15) is 11.3 Å². The molecule has 3 nitrogen and oxygen atoms in total. The first-order chi connectivity index (χ1) is 9.78. The molecule has 0 unspecified atom stereocenters. The highest BCUT2D eigenvalue weighted by Gasteiger charge is 2.09. The Morgan fingerprint density at radius 2 is 1.80 bits per heavy atom. The van der Waals surface area contributed by atoms with Gasteiger partial charge in [0.15, 0.2) is 0 Å². The van der Waals surface area contributed by atoms with Crippen molar-refractivity contribution in [3.63, 3.8) is 0 Å². The number of nitrogens with zero attached hydrogens (tertiary/aromatic N) is 2. The van der Waals surface area contributed by atoms with Gasteiger partial charge in [0.25, 0.3) is 0 Å². The van der Waals surface area contributed by atoms with Crippen LogP contribution in [0.3, 0.4) is 0 Å². The lowest BCUT2D eigenvalue weighted by molar-refractivity contribution is 0.465. The molecule has 3 aromatic rings. The third-order valence-corrected chi connectivity index (χ3v) is 3.08. The first-order valence-electron chi connectivity index (χ1n) is 6.31. The Hall–Kier alpha value is -2.86. The lowest BCUT2D eigenvalue weighted by Gasteiger charge is -2.09. The van der Waals surface area contributed by atoms with Crippen molar-refractivity contribution in [3.8, 4) is 17.7 Å². The standard InChI is InChI=1S/C17H12N2O/c1-12-9-10-14(11-18)17(19-12)20-16-8-4-6-13-5-2-3-7-15(13)16/h2-10H,1H3. The Bertz CT molecular complexity index is 813. The van der Waals surface area contributed by atoms with Gasteiger partial charge in [-0.05, 0) is 30.5 Å². The highest BCUT2D eigenvalue weighted by Crippen LogP contribution is 2.30. The van der Waals surface area contributed by atoms with E-state index in [-0.39, 0.29) is 0 Å². The minimum Gasteiger partial charge on any atom is -0.437 e. The van der Waals surface area contributed by atoms with Crippen molar-refractivity contribution in [1.82, 2.24) is 4.98 Å². The second kappa shape index (κ2) is 5.02. The number of aryl methyl sites for hydroxylation is 1. The maximum Gasteiger partial charge on any atom is 0.237 e. The highest BCUT2D eigenvalue weighted by atomic mass is 16.5. The molecule has 0 saturated heterocycles. The first kappa shape index (κ1) is 12.2. The van der Waals surface area contributed by atoms with E-state index in [1.807, 2.05) is 49.4 Å². The molecule has 3 heteroatoms. The fraction of sp³-hybridized carbons (Fsp3) is 0.0588. The zero-order valence-electron chi connectivity index (χ0n) is 11.0. The van der Waals surface area contributed by atoms with Crippen molar-refractivity contribution in [1.29, 1.82) is 5.26 Å². The molecule has 0 spiro atoms. The Kier molecular flexibility index (Phi) is 3.06. The molecule has 0 amide bonds. The summed E-state index contributed by atoms with van der Waals surface area (Å²) in [5, 5.41) is 11.2. The summed E-state index contributed by atoms with van der Waals surface area (Å²) in [6.45, 7) is 1.87.